The molecule has 35 heavy (non-hydrogen) atoms. The van der Waals surface area contributed by atoms with Crippen LogP contribution < -0.4 is 14.8 Å². The molecular weight excluding hydrogens is 555 g/mol. The molecule has 9 heteroatoms. The van der Waals surface area contributed by atoms with E-state index in [0.717, 1.165) is 16.7 Å². The van der Waals surface area contributed by atoms with Gasteiger partial charge in [0.15, 0.2) is 11.5 Å². The minimum Gasteiger partial charge on any atom is -0.493 e. The number of aryl methyl sites for hydroxylation is 1. The molecular formula is C26H21BrCl2N2O4. The number of carbonyl (C=O) groups is 2. The van der Waals surface area contributed by atoms with Crippen LogP contribution in [0.25, 0.3) is 6.08 Å². The van der Waals surface area contributed by atoms with Gasteiger partial charge in [0.1, 0.15) is 12.3 Å². The van der Waals surface area contributed by atoms with E-state index in [1.54, 1.807) is 36.4 Å². The van der Waals surface area contributed by atoms with Crippen LogP contribution in [0.5, 0.6) is 11.5 Å². The molecule has 0 aliphatic carbocycles. The number of hydrogen-bond donors (Lipinski definition) is 1. The lowest BCUT2D eigenvalue weighted by Crippen LogP contribution is -2.30. The van der Waals surface area contributed by atoms with Crippen molar-refractivity contribution in [1.29, 1.82) is 0 Å². The molecule has 4 rings (SSSR count). The molecule has 0 bridgehead atoms. The smallest absolute Gasteiger partial charge is 0.329 e. The van der Waals surface area contributed by atoms with Gasteiger partial charge in [0.25, 0.3) is 5.91 Å². The van der Waals surface area contributed by atoms with E-state index in [4.69, 9.17) is 32.7 Å². The lowest BCUT2D eigenvalue weighted by Gasteiger charge is -2.14. The van der Waals surface area contributed by atoms with Crippen molar-refractivity contribution in [3.63, 3.8) is 0 Å². The van der Waals surface area contributed by atoms with Gasteiger partial charge in [-0.15, -0.1) is 0 Å². The van der Waals surface area contributed by atoms with Crippen molar-refractivity contribution >= 4 is 57.1 Å². The minimum atomic E-state index is -0.465. The first-order chi connectivity index (χ1) is 16.7. The summed E-state index contributed by atoms with van der Waals surface area (Å²) in [6.45, 7) is 2.37. The van der Waals surface area contributed by atoms with E-state index in [-0.39, 0.29) is 18.8 Å². The molecule has 3 aromatic carbocycles. The molecule has 0 unspecified atom stereocenters. The molecule has 6 nitrogen and oxygen atoms in total. The normalized spacial score (nSPS) is 14.4. The number of ether oxygens (including phenoxy) is 2. The maximum atomic E-state index is 12.9. The highest BCUT2D eigenvalue weighted by Gasteiger charge is 2.33. The van der Waals surface area contributed by atoms with Gasteiger partial charge in [0, 0.05) is 15.6 Å². The summed E-state index contributed by atoms with van der Waals surface area (Å²) in [6, 6.07) is 15.9. The molecule has 180 valence electrons. The fourth-order valence-corrected chi connectivity index (χ4v) is 4.55. The topological polar surface area (TPSA) is 67.9 Å². The highest BCUT2D eigenvalue weighted by Crippen LogP contribution is 2.38. The van der Waals surface area contributed by atoms with Crippen LogP contribution in [0.1, 0.15) is 22.3 Å². The van der Waals surface area contributed by atoms with Crippen molar-refractivity contribution in [3.8, 4) is 11.5 Å². The molecule has 1 heterocycles. The quantitative estimate of drug-likeness (QED) is 0.250. The second-order valence-corrected chi connectivity index (χ2v) is 9.62. The summed E-state index contributed by atoms with van der Waals surface area (Å²) < 4.78 is 12.1. The number of amides is 3. The fourth-order valence-electron chi connectivity index (χ4n) is 3.51. The Kier molecular flexibility index (Phi) is 7.69. The molecule has 0 saturated carbocycles. The molecule has 0 spiro atoms. The van der Waals surface area contributed by atoms with Gasteiger partial charge in [-0.05, 0) is 64.3 Å². The SMILES string of the molecule is COc1cc(/C=C2/NC(=O)N(Cc3ccc(C)cc3)C2=O)cc(Br)c1OCc1ccc(Cl)cc1Cl. The van der Waals surface area contributed by atoms with Gasteiger partial charge in [0.05, 0.1) is 18.1 Å². The molecule has 1 aliphatic heterocycles. The zero-order chi connectivity index (χ0) is 25.1. The van der Waals surface area contributed by atoms with Crippen LogP contribution in [0, 0.1) is 6.92 Å². The maximum Gasteiger partial charge on any atom is 0.329 e. The van der Waals surface area contributed by atoms with Gasteiger partial charge < -0.3 is 14.8 Å². The number of imide groups is 1. The number of rotatable bonds is 7. The number of halogens is 3. The Labute approximate surface area is 221 Å². The first kappa shape index (κ1) is 25.1. The Balaban J connectivity index is 1.53. The first-order valence-electron chi connectivity index (χ1n) is 10.6. The molecule has 0 radical (unpaired) electrons. The van der Waals surface area contributed by atoms with E-state index in [2.05, 4.69) is 21.2 Å². The van der Waals surface area contributed by atoms with Crippen molar-refractivity contribution in [3.05, 3.63) is 97.1 Å². The Morgan fingerprint density at radius 1 is 1.06 bits per heavy atom. The van der Waals surface area contributed by atoms with Crippen molar-refractivity contribution in [2.24, 2.45) is 0 Å². The van der Waals surface area contributed by atoms with Gasteiger partial charge >= 0.3 is 6.03 Å². The molecule has 3 amide bonds. The summed E-state index contributed by atoms with van der Waals surface area (Å²) in [5.41, 5.74) is 3.56. The molecule has 1 fully saturated rings. The Morgan fingerprint density at radius 2 is 1.80 bits per heavy atom. The molecule has 0 atom stereocenters. The Morgan fingerprint density at radius 3 is 2.49 bits per heavy atom. The number of methoxy groups -OCH3 is 1. The molecule has 0 aromatic heterocycles. The number of benzene rings is 3. The van der Waals surface area contributed by atoms with Gasteiger partial charge in [-0.2, -0.15) is 0 Å². The molecule has 3 aromatic rings. The van der Waals surface area contributed by atoms with Gasteiger partial charge in [-0.25, -0.2) is 4.79 Å². The summed E-state index contributed by atoms with van der Waals surface area (Å²) >= 11 is 15.7. The predicted molar refractivity (Wildman–Crippen MR) is 140 cm³/mol. The zero-order valence-corrected chi connectivity index (χ0v) is 22.0. The highest BCUT2D eigenvalue weighted by atomic mass is 79.9. The van der Waals surface area contributed by atoms with Crippen molar-refractivity contribution in [2.45, 2.75) is 20.1 Å². The van der Waals surface area contributed by atoms with E-state index < -0.39 is 11.9 Å². The standard InChI is InChI=1S/C26H21BrCl2N2O4/c1-15-3-5-16(6-4-15)13-31-25(32)22(30-26(31)33)10-17-9-20(27)24(23(11-17)34-2)35-14-18-7-8-19(28)12-21(18)29/h3-12H,13-14H2,1-2H3,(H,30,33)/b22-10+. The van der Waals surface area contributed by atoms with Crippen LogP contribution in [0.3, 0.4) is 0 Å². The Hall–Kier alpha value is -3.00. The Bertz CT molecular complexity index is 1330. The summed E-state index contributed by atoms with van der Waals surface area (Å²) in [7, 11) is 1.52. The number of urea groups is 1. The largest absolute Gasteiger partial charge is 0.493 e. The number of hydrogen-bond acceptors (Lipinski definition) is 4. The van der Waals surface area contributed by atoms with Gasteiger partial charge in [-0.3, -0.25) is 9.69 Å². The zero-order valence-electron chi connectivity index (χ0n) is 18.9. The predicted octanol–water partition coefficient (Wildman–Crippen LogP) is 6.74. The number of nitrogens with zero attached hydrogens (tertiary/aromatic N) is 1. The average molecular weight is 576 g/mol. The maximum absolute atomic E-state index is 12.9. The van der Waals surface area contributed by atoms with Gasteiger partial charge in [-0.1, -0.05) is 59.1 Å². The van der Waals surface area contributed by atoms with E-state index in [9.17, 15) is 9.59 Å². The first-order valence-corrected chi connectivity index (χ1v) is 12.1. The lowest BCUT2D eigenvalue weighted by atomic mass is 10.1. The minimum absolute atomic E-state index is 0.178. The third kappa shape index (κ3) is 5.81. The highest BCUT2D eigenvalue weighted by molar-refractivity contribution is 9.10. The second-order valence-electron chi connectivity index (χ2n) is 7.92. The molecule has 1 aliphatic rings. The van der Waals surface area contributed by atoms with Crippen molar-refractivity contribution in [2.75, 3.05) is 7.11 Å². The van der Waals surface area contributed by atoms with E-state index >= 15 is 0 Å². The van der Waals surface area contributed by atoms with E-state index in [0.29, 0.717) is 31.6 Å². The van der Waals surface area contributed by atoms with Crippen LogP contribution in [-0.4, -0.2) is 23.9 Å². The average Bonchev–Trinajstić information content (AvgIpc) is 3.07. The lowest BCUT2D eigenvalue weighted by molar-refractivity contribution is -0.123. The fraction of sp³-hybridized carbons (Fsp3) is 0.154. The van der Waals surface area contributed by atoms with Crippen molar-refractivity contribution < 1.29 is 19.1 Å². The van der Waals surface area contributed by atoms with Crippen LogP contribution in [0.2, 0.25) is 10.0 Å². The van der Waals surface area contributed by atoms with E-state index in [1.165, 1.54) is 12.0 Å². The summed E-state index contributed by atoms with van der Waals surface area (Å²) in [5, 5.41) is 3.69. The van der Waals surface area contributed by atoms with E-state index in [1.807, 2.05) is 31.2 Å². The third-order valence-corrected chi connectivity index (χ3v) is 6.55. The summed E-state index contributed by atoms with van der Waals surface area (Å²) in [6.07, 6.45) is 1.60. The van der Waals surface area contributed by atoms with Crippen LogP contribution >= 0.6 is 39.1 Å². The summed E-state index contributed by atoms with van der Waals surface area (Å²) in [5.74, 6) is 0.524. The van der Waals surface area contributed by atoms with Crippen LogP contribution in [0.4, 0.5) is 4.79 Å². The number of nitrogens with one attached hydrogen (secondary N) is 1. The van der Waals surface area contributed by atoms with Crippen LogP contribution in [-0.2, 0) is 17.9 Å². The van der Waals surface area contributed by atoms with Crippen LogP contribution in [0.15, 0.2) is 64.8 Å². The summed E-state index contributed by atoms with van der Waals surface area (Å²) in [4.78, 5) is 26.5. The number of carbonyl (C=O) groups excluding carboxylic acids is 2. The van der Waals surface area contributed by atoms with Crippen molar-refractivity contribution in [1.82, 2.24) is 10.2 Å². The monoisotopic (exact) mass is 574 g/mol. The second kappa shape index (κ2) is 10.7. The molecule has 1 N–H and O–H groups in total. The molecule has 1 saturated heterocycles. The third-order valence-electron chi connectivity index (χ3n) is 5.37. The van der Waals surface area contributed by atoms with Gasteiger partial charge in [0.2, 0.25) is 0 Å².